The summed E-state index contributed by atoms with van der Waals surface area (Å²) in [6.07, 6.45) is 1.14. The van der Waals surface area contributed by atoms with Crippen molar-refractivity contribution in [3.05, 3.63) is 29.3 Å². The van der Waals surface area contributed by atoms with Gasteiger partial charge in [0.1, 0.15) is 5.75 Å². The average molecular weight is 256 g/mol. The smallest absolute Gasteiger partial charge is 0.119 e. The molecule has 0 aromatic heterocycles. The zero-order chi connectivity index (χ0) is 11.9. The fourth-order valence-electron chi connectivity index (χ4n) is 2.93. The quantitative estimate of drug-likeness (QED) is 0.806. The predicted molar refractivity (Wildman–Crippen MR) is 74.4 cm³/mol. The highest BCUT2D eigenvalue weighted by molar-refractivity contribution is 5.85. The summed E-state index contributed by atoms with van der Waals surface area (Å²) in [4.78, 5) is 2.33. The maximum atomic E-state index is 5.31. The lowest BCUT2D eigenvalue weighted by molar-refractivity contribution is 0.216. The molecular weight excluding hydrogens is 234 g/mol. The van der Waals surface area contributed by atoms with Crippen LogP contribution in [-0.4, -0.2) is 32.1 Å². The third kappa shape index (κ3) is 2.29. The Bertz CT molecular complexity index is 401. The number of halogens is 1. The maximum Gasteiger partial charge on any atom is 0.119 e. The summed E-state index contributed by atoms with van der Waals surface area (Å²) in [6, 6.07) is 7.04. The Morgan fingerprint density at radius 2 is 1.94 bits per heavy atom. The second-order valence-electron chi connectivity index (χ2n) is 5.43. The Balaban J connectivity index is 0.00000144. The molecule has 0 N–H and O–H groups in total. The second kappa shape index (κ2) is 4.87. The molecular formula is C14H22ClNO. The van der Waals surface area contributed by atoms with E-state index in [1.807, 2.05) is 0 Å². The van der Waals surface area contributed by atoms with E-state index in [1.54, 1.807) is 7.11 Å². The molecule has 1 atom stereocenters. The zero-order valence-electron chi connectivity index (χ0n) is 11.3. The number of ether oxygens (including phenoxy) is 1. The monoisotopic (exact) mass is 255 g/mol. The zero-order valence-corrected chi connectivity index (χ0v) is 12.1. The van der Waals surface area contributed by atoms with E-state index < -0.39 is 0 Å². The van der Waals surface area contributed by atoms with Gasteiger partial charge in [-0.15, -0.1) is 12.4 Å². The number of fused-ring (bicyclic) bond motifs is 1. The van der Waals surface area contributed by atoms with Crippen molar-refractivity contribution in [1.29, 1.82) is 0 Å². The molecule has 0 amide bonds. The lowest BCUT2D eigenvalue weighted by Gasteiger charge is -2.33. The standard InChI is InChI=1S/C14H21NO.ClH/c1-14(2)12-9-11(16-5)7-6-10(12)8-13(14)15(3)4;/h6-7,9,13H,8H2,1-5H3;1H. The highest BCUT2D eigenvalue weighted by Crippen LogP contribution is 2.41. The molecule has 1 aromatic carbocycles. The number of likely N-dealkylation sites (N-methyl/N-ethyl adjacent to an activating group) is 1. The fraction of sp³-hybridized carbons (Fsp3) is 0.571. The maximum absolute atomic E-state index is 5.31. The highest BCUT2D eigenvalue weighted by Gasteiger charge is 2.40. The third-order valence-corrected chi connectivity index (χ3v) is 3.88. The molecule has 0 spiro atoms. The van der Waals surface area contributed by atoms with Crippen LogP contribution in [0.1, 0.15) is 25.0 Å². The first-order valence-electron chi connectivity index (χ1n) is 5.80. The molecule has 0 fully saturated rings. The van der Waals surface area contributed by atoms with Gasteiger partial charge in [-0.25, -0.2) is 0 Å². The number of rotatable bonds is 2. The van der Waals surface area contributed by atoms with E-state index in [0.717, 1.165) is 12.2 Å². The Kier molecular flexibility index (Phi) is 4.11. The molecule has 0 heterocycles. The van der Waals surface area contributed by atoms with Gasteiger partial charge in [0.2, 0.25) is 0 Å². The summed E-state index contributed by atoms with van der Waals surface area (Å²) < 4.78 is 5.31. The Morgan fingerprint density at radius 3 is 2.47 bits per heavy atom. The minimum atomic E-state index is 0. The molecule has 1 aromatic rings. The molecule has 1 aliphatic carbocycles. The van der Waals surface area contributed by atoms with Crippen LogP contribution >= 0.6 is 12.4 Å². The van der Waals surface area contributed by atoms with E-state index in [2.05, 4.69) is 51.0 Å². The van der Waals surface area contributed by atoms with E-state index in [-0.39, 0.29) is 17.8 Å². The largest absolute Gasteiger partial charge is 0.497 e. The lowest BCUT2D eigenvalue weighted by atomic mass is 9.82. The number of hydrogen-bond acceptors (Lipinski definition) is 2. The van der Waals surface area contributed by atoms with Crippen LogP contribution in [0.4, 0.5) is 0 Å². The molecule has 17 heavy (non-hydrogen) atoms. The van der Waals surface area contributed by atoms with Crippen LogP contribution in [0.5, 0.6) is 5.75 Å². The second-order valence-corrected chi connectivity index (χ2v) is 5.43. The SMILES string of the molecule is COc1ccc2c(c1)C(C)(C)C(N(C)C)C2.Cl. The van der Waals surface area contributed by atoms with Crippen molar-refractivity contribution in [2.24, 2.45) is 0 Å². The molecule has 0 saturated heterocycles. The Labute approximate surface area is 110 Å². The van der Waals surface area contributed by atoms with Crippen molar-refractivity contribution in [3.8, 4) is 5.75 Å². The van der Waals surface area contributed by atoms with Gasteiger partial charge in [-0.05, 0) is 43.8 Å². The molecule has 2 rings (SSSR count). The minimum absolute atomic E-state index is 0. The van der Waals surface area contributed by atoms with Crippen molar-refractivity contribution in [1.82, 2.24) is 4.90 Å². The van der Waals surface area contributed by atoms with Crippen molar-refractivity contribution in [3.63, 3.8) is 0 Å². The van der Waals surface area contributed by atoms with Crippen molar-refractivity contribution >= 4 is 12.4 Å². The van der Waals surface area contributed by atoms with Crippen LogP contribution in [-0.2, 0) is 11.8 Å². The summed E-state index contributed by atoms with van der Waals surface area (Å²) >= 11 is 0. The first-order chi connectivity index (χ1) is 7.46. The van der Waals surface area contributed by atoms with Crippen molar-refractivity contribution in [2.75, 3.05) is 21.2 Å². The molecule has 0 saturated carbocycles. The fourth-order valence-corrected chi connectivity index (χ4v) is 2.93. The van der Waals surface area contributed by atoms with Gasteiger partial charge < -0.3 is 9.64 Å². The Hall–Kier alpha value is -0.730. The van der Waals surface area contributed by atoms with Gasteiger partial charge in [0.15, 0.2) is 0 Å². The van der Waals surface area contributed by atoms with Gasteiger partial charge in [0.25, 0.3) is 0 Å². The minimum Gasteiger partial charge on any atom is -0.497 e. The van der Waals surface area contributed by atoms with Gasteiger partial charge in [-0.3, -0.25) is 0 Å². The van der Waals surface area contributed by atoms with Gasteiger partial charge in [0, 0.05) is 11.5 Å². The molecule has 0 aliphatic heterocycles. The van der Waals surface area contributed by atoms with Crippen LogP contribution in [0.25, 0.3) is 0 Å². The predicted octanol–water partition coefficient (Wildman–Crippen LogP) is 2.88. The number of methoxy groups -OCH3 is 1. The molecule has 2 nitrogen and oxygen atoms in total. The molecule has 1 aliphatic rings. The molecule has 96 valence electrons. The number of hydrogen-bond donors (Lipinski definition) is 0. The van der Waals surface area contributed by atoms with Gasteiger partial charge in [0.05, 0.1) is 7.11 Å². The van der Waals surface area contributed by atoms with E-state index in [0.29, 0.717) is 6.04 Å². The van der Waals surface area contributed by atoms with Crippen LogP contribution in [0.2, 0.25) is 0 Å². The summed E-state index contributed by atoms with van der Waals surface area (Å²) in [6.45, 7) is 4.64. The normalized spacial score (nSPS) is 20.9. The number of benzene rings is 1. The molecule has 0 bridgehead atoms. The summed E-state index contributed by atoms with van der Waals surface area (Å²) in [5, 5.41) is 0. The van der Waals surface area contributed by atoms with E-state index in [1.165, 1.54) is 11.1 Å². The number of nitrogens with zero attached hydrogens (tertiary/aromatic N) is 1. The van der Waals surface area contributed by atoms with Crippen LogP contribution < -0.4 is 4.74 Å². The van der Waals surface area contributed by atoms with Crippen LogP contribution in [0.15, 0.2) is 18.2 Å². The van der Waals surface area contributed by atoms with Crippen molar-refractivity contribution in [2.45, 2.75) is 31.7 Å². The van der Waals surface area contributed by atoms with Gasteiger partial charge >= 0.3 is 0 Å². The molecule has 0 radical (unpaired) electrons. The summed E-state index contributed by atoms with van der Waals surface area (Å²) in [7, 11) is 6.05. The average Bonchev–Trinajstić information content (AvgIpc) is 2.50. The van der Waals surface area contributed by atoms with Gasteiger partial charge in [-0.1, -0.05) is 19.9 Å². The van der Waals surface area contributed by atoms with Gasteiger partial charge in [-0.2, -0.15) is 0 Å². The first-order valence-corrected chi connectivity index (χ1v) is 5.80. The third-order valence-electron chi connectivity index (χ3n) is 3.88. The topological polar surface area (TPSA) is 12.5 Å². The molecule has 3 heteroatoms. The summed E-state index contributed by atoms with van der Waals surface area (Å²) in [5.74, 6) is 0.964. The van der Waals surface area contributed by atoms with Crippen LogP contribution in [0, 0.1) is 0 Å². The van der Waals surface area contributed by atoms with Crippen molar-refractivity contribution < 1.29 is 4.74 Å². The van der Waals surface area contributed by atoms with E-state index in [4.69, 9.17) is 4.74 Å². The van der Waals surface area contributed by atoms with Crippen LogP contribution in [0.3, 0.4) is 0 Å². The molecule has 1 unspecified atom stereocenters. The summed E-state index contributed by atoms with van der Waals surface area (Å²) in [5.41, 5.74) is 3.10. The first kappa shape index (κ1) is 14.3. The van der Waals surface area contributed by atoms with E-state index >= 15 is 0 Å². The highest BCUT2D eigenvalue weighted by atomic mass is 35.5. The lowest BCUT2D eigenvalue weighted by Crippen LogP contribution is -2.41. The van der Waals surface area contributed by atoms with E-state index in [9.17, 15) is 0 Å². The Morgan fingerprint density at radius 1 is 1.29 bits per heavy atom.